The molecule has 4 heterocycles. The smallest absolute Gasteiger partial charge is 0.267 e. The third kappa shape index (κ3) is 5.82. The molecule has 0 radical (unpaired) electrons. The second-order valence-corrected chi connectivity index (χ2v) is 12.7. The molecule has 0 saturated carbocycles. The van der Waals surface area contributed by atoms with Crippen LogP contribution in [0.2, 0.25) is 5.02 Å². The Morgan fingerprint density at radius 3 is 2.51 bits per heavy atom. The van der Waals surface area contributed by atoms with Gasteiger partial charge in [0.05, 0.1) is 17.0 Å². The second kappa shape index (κ2) is 11.8. The fraction of sp³-hybridized carbons (Fsp3) is 0.250. The molecule has 4 aromatic rings. The molecule has 0 bridgehead atoms. The summed E-state index contributed by atoms with van der Waals surface area (Å²) in [6.07, 6.45) is 6.52. The molecule has 6 nitrogen and oxygen atoms in total. The standard InChI is InChI=1S/C32H29ClN4O2S2/c1-21-11-12-28-34-29(35-15-13-23(14-16-35)17-22-7-3-2-4-8-22)25(30(38)36(28)19-21)18-27-31(39)37(32(40)41-27)20-24-9-5-6-10-26(24)33/h2-12,18-19,23H,13-17,20H2,1H3/b27-18+. The van der Waals surface area contributed by atoms with Crippen molar-refractivity contribution in [3.05, 3.63) is 115 Å². The van der Waals surface area contributed by atoms with Crippen molar-refractivity contribution in [1.82, 2.24) is 14.3 Å². The number of piperidine rings is 1. The zero-order chi connectivity index (χ0) is 28.5. The predicted octanol–water partition coefficient (Wildman–Crippen LogP) is 6.52. The van der Waals surface area contributed by atoms with E-state index in [9.17, 15) is 9.59 Å². The Bertz CT molecular complexity index is 1730. The van der Waals surface area contributed by atoms with Crippen molar-refractivity contribution in [3.8, 4) is 0 Å². The number of aryl methyl sites for hydroxylation is 1. The summed E-state index contributed by atoms with van der Waals surface area (Å²) in [6.45, 7) is 3.80. The SMILES string of the molecule is Cc1ccc2nc(N3CCC(Cc4ccccc4)CC3)c(/C=C3/SC(=S)N(Cc4ccccc4Cl)C3=O)c(=O)n2c1. The first kappa shape index (κ1) is 27.7. The van der Waals surface area contributed by atoms with Gasteiger partial charge in [-0.05, 0) is 67.0 Å². The molecule has 2 aliphatic heterocycles. The Labute approximate surface area is 253 Å². The maximum Gasteiger partial charge on any atom is 0.267 e. The highest BCUT2D eigenvalue weighted by molar-refractivity contribution is 8.26. The molecule has 1 amide bonds. The van der Waals surface area contributed by atoms with E-state index in [0.717, 1.165) is 43.5 Å². The number of fused-ring (bicyclic) bond motifs is 1. The van der Waals surface area contributed by atoms with Crippen LogP contribution in [0.1, 0.15) is 35.1 Å². The number of benzene rings is 2. The second-order valence-electron chi connectivity index (χ2n) is 10.6. The van der Waals surface area contributed by atoms with Crippen LogP contribution in [0.25, 0.3) is 11.7 Å². The van der Waals surface area contributed by atoms with E-state index in [4.69, 9.17) is 28.8 Å². The van der Waals surface area contributed by atoms with E-state index in [1.165, 1.54) is 22.2 Å². The molecular formula is C32H29ClN4O2S2. The monoisotopic (exact) mass is 600 g/mol. The van der Waals surface area contributed by atoms with E-state index >= 15 is 0 Å². The lowest BCUT2D eigenvalue weighted by molar-refractivity contribution is -0.122. The minimum Gasteiger partial charge on any atom is -0.356 e. The number of thioether (sulfide) groups is 1. The first-order chi connectivity index (χ1) is 19.9. The van der Waals surface area contributed by atoms with E-state index < -0.39 is 0 Å². The van der Waals surface area contributed by atoms with E-state index in [-0.39, 0.29) is 18.0 Å². The van der Waals surface area contributed by atoms with Crippen LogP contribution < -0.4 is 10.5 Å². The lowest BCUT2D eigenvalue weighted by Gasteiger charge is -2.33. The van der Waals surface area contributed by atoms with Gasteiger partial charge in [0, 0.05) is 24.3 Å². The third-order valence-corrected chi connectivity index (χ3v) is 9.45. The lowest BCUT2D eigenvalue weighted by Crippen LogP contribution is -2.37. The van der Waals surface area contributed by atoms with Gasteiger partial charge >= 0.3 is 0 Å². The van der Waals surface area contributed by atoms with E-state index in [1.807, 2.05) is 43.3 Å². The quantitative estimate of drug-likeness (QED) is 0.186. The average molecular weight is 601 g/mol. The number of amides is 1. The van der Waals surface area contributed by atoms with Crippen LogP contribution in [0.15, 0.2) is 82.6 Å². The Balaban J connectivity index is 1.32. The number of hydrogen-bond acceptors (Lipinski definition) is 6. The van der Waals surface area contributed by atoms with Gasteiger partial charge in [-0.1, -0.05) is 90.2 Å². The zero-order valence-corrected chi connectivity index (χ0v) is 25.0. The summed E-state index contributed by atoms with van der Waals surface area (Å²) in [5.74, 6) is 0.955. The van der Waals surface area contributed by atoms with Gasteiger partial charge in [-0.3, -0.25) is 18.9 Å². The molecule has 2 fully saturated rings. The summed E-state index contributed by atoms with van der Waals surface area (Å²) in [5, 5.41) is 0.579. The Hall–Kier alpha value is -3.46. The minimum atomic E-state index is -0.235. The van der Waals surface area contributed by atoms with Crippen molar-refractivity contribution in [2.24, 2.45) is 5.92 Å². The van der Waals surface area contributed by atoms with E-state index in [0.29, 0.717) is 37.2 Å². The van der Waals surface area contributed by atoms with Crippen molar-refractivity contribution in [2.45, 2.75) is 32.7 Å². The van der Waals surface area contributed by atoms with Crippen molar-refractivity contribution < 1.29 is 4.79 Å². The highest BCUT2D eigenvalue weighted by Gasteiger charge is 2.33. The van der Waals surface area contributed by atoms with Crippen LogP contribution in [0.4, 0.5) is 5.82 Å². The molecule has 208 valence electrons. The summed E-state index contributed by atoms with van der Waals surface area (Å²) in [4.78, 5) is 36.5. The fourth-order valence-electron chi connectivity index (χ4n) is 5.48. The van der Waals surface area contributed by atoms with Crippen LogP contribution in [-0.4, -0.2) is 37.6 Å². The van der Waals surface area contributed by atoms with Crippen LogP contribution in [-0.2, 0) is 17.8 Å². The lowest BCUT2D eigenvalue weighted by atomic mass is 9.90. The van der Waals surface area contributed by atoms with Gasteiger partial charge in [-0.15, -0.1) is 0 Å². The number of halogens is 1. The number of pyridine rings is 1. The van der Waals surface area contributed by atoms with Crippen LogP contribution >= 0.6 is 35.6 Å². The van der Waals surface area contributed by atoms with Gasteiger partial charge in [0.15, 0.2) is 0 Å². The molecule has 6 rings (SSSR count). The molecule has 2 saturated heterocycles. The van der Waals surface area contributed by atoms with Gasteiger partial charge in [-0.2, -0.15) is 0 Å². The third-order valence-electron chi connectivity index (χ3n) is 7.70. The Kier molecular flexibility index (Phi) is 7.97. The highest BCUT2D eigenvalue weighted by atomic mass is 35.5. The molecular weight excluding hydrogens is 572 g/mol. The maximum absolute atomic E-state index is 13.9. The summed E-state index contributed by atoms with van der Waals surface area (Å²) in [6, 6.07) is 21.8. The number of aromatic nitrogens is 2. The topological polar surface area (TPSA) is 57.9 Å². The van der Waals surface area contributed by atoms with Crippen molar-refractivity contribution >= 4 is 63.3 Å². The number of hydrogen-bond donors (Lipinski definition) is 0. The highest BCUT2D eigenvalue weighted by Crippen LogP contribution is 2.36. The predicted molar refractivity (Wildman–Crippen MR) is 171 cm³/mol. The molecule has 0 spiro atoms. The van der Waals surface area contributed by atoms with Gasteiger partial charge in [0.2, 0.25) is 0 Å². The first-order valence-corrected chi connectivity index (χ1v) is 15.3. The zero-order valence-electron chi connectivity index (χ0n) is 22.6. The number of carbonyl (C=O) groups is 1. The average Bonchev–Trinajstić information content (AvgIpc) is 3.24. The van der Waals surface area contributed by atoms with Gasteiger partial charge in [-0.25, -0.2) is 4.98 Å². The van der Waals surface area contributed by atoms with Crippen LogP contribution in [0.3, 0.4) is 0 Å². The number of nitrogens with zero attached hydrogens (tertiary/aromatic N) is 4. The normalized spacial score (nSPS) is 17.3. The number of anilines is 1. The summed E-state index contributed by atoms with van der Waals surface area (Å²) >= 11 is 13.1. The Morgan fingerprint density at radius 1 is 1.02 bits per heavy atom. The summed E-state index contributed by atoms with van der Waals surface area (Å²) in [5.41, 5.74) is 3.92. The van der Waals surface area contributed by atoms with Crippen LogP contribution in [0, 0.1) is 12.8 Å². The molecule has 2 aliphatic rings. The molecule has 2 aromatic carbocycles. The molecule has 0 aliphatic carbocycles. The molecule has 0 atom stereocenters. The first-order valence-electron chi connectivity index (χ1n) is 13.7. The van der Waals surface area contributed by atoms with Gasteiger partial charge < -0.3 is 4.90 Å². The van der Waals surface area contributed by atoms with Crippen molar-refractivity contribution in [1.29, 1.82) is 0 Å². The largest absolute Gasteiger partial charge is 0.356 e. The molecule has 2 aromatic heterocycles. The van der Waals surface area contributed by atoms with Crippen molar-refractivity contribution in [2.75, 3.05) is 18.0 Å². The maximum atomic E-state index is 13.9. The summed E-state index contributed by atoms with van der Waals surface area (Å²) < 4.78 is 2.01. The molecule has 41 heavy (non-hydrogen) atoms. The minimum absolute atomic E-state index is 0.198. The summed E-state index contributed by atoms with van der Waals surface area (Å²) in [7, 11) is 0. The Morgan fingerprint density at radius 2 is 1.76 bits per heavy atom. The van der Waals surface area contributed by atoms with Crippen LogP contribution in [0.5, 0.6) is 0 Å². The molecule has 9 heteroatoms. The van der Waals surface area contributed by atoms with E-state index in [1.54, 1.807) is 22.7 Å². The number of carbonyl (C=O) groups excluding carboxylic acids is 1. The van der Waals surface area contributed by atoms with Gasteiger partial charge in [0.25, 0.3) is 11.5 Å². The molecule has 0 unspecified atom stereocenters. The van der Waals surface area contributed by atoms with E-state index in [2.05, 4.69) is 29.2 Å². The number of rotatable bonds is 6. The number of thiocarbonyl (C=S) groups is 1. The fourth-order valence-corrected chi connectivity index (χ4v) is 6.91. The van der Waals surface area contributed by atoms with Crippen molar-refractivity contribution in [3.63, 3.8) is 0 Å². The van der Waals surface area contributed by atoms with Gasteiger partial charge in [0.1, 0.15) is 15.8 Å². The molecule has 0 N–H and O–H groups in total.